The summed E-state index contributed by atoms with van der Waals surface area (Å²) in [6.07, 6.45) is 3.46. The van der Waals surface area contributed by atoms with Crippen LogP contribution in [0.2, 0.25) is 0 Å². The summed E-state index contributed by atoms with van der Waals surface area (Å²) in [4.78, 5) is 0.201. The van der Waals surface area contributed by atoms with Crippen molar-refractivity contribution in [2.75, 3.05) is 0 Å². The van der Waals surface area contributed by atoms with Crippen LogP contribution in [-0.4, -0.2) is 18.2 Å². The highest BCUT2D eigenvalue weighted by molar-refractivity contribution is 7.89. The fourth-order valence-corrected chi connectivity index (χ4v) is 3.02. The summed E-state index contributed by atoms with van der Waals surface area (Å²) >= 11 is 0. The van der Waals surface area contributed by atoms with Crippen molar-refractivity contribution in [2.24, 2.45) is 0 Å². The fraction of sp³-hybridized carbons (Fsp3) is 0.133. The maximum atomic E-state index is 12.2. The second kappa shape index (κ2) is 5.78. The number of aromatic nitrogens is 2. The Balaban J connectivity index is 1.74. The van der Waals surface area contributed by atoms with E-state index in [9.17, 15) is 8.42 Å². The molecule has 22 heavy (non-hydrogen) atoms. The molecule has 0 atom stereocenters. The van der Waals surface area contributed by atoms with E-state index in [4.69, 9.17) is 4.42 Å². The van der Waals surface area contributed by atoms with E-state index in [1.54, 1.807) is 59.5 Å². The molecule has 0 saturated heterocycles. The fourth-order valence-electron chi connectivity index (χ4n) is 2.03. The largest absolute Gasteiger partial charge is 0.465 e. The van der Waals surface area contributed by atoms with Crippen LogP contribution in [0.5, 0.6) is 0 Å². The molecule has 2 aromatic heterocycles. The molecule has 7 heteroatoms. The molecule has 0 radical (unpaired) electrons. The van der Waals surface area contributed by atoms with Crippen molar-refractivity contribution in [3.8, 4) is 5.69 Å². The molecule has 114 valence electrons. The predicted molar refractivity (Wildman–Crippen MR) is 81.0 cm³/mol. The highest BCUT2D eigenvalue weighted by Gasteiger charge is 2.14. The maximum absolute atomic E-state index is 12.2. The average Bonchev–Trinajstić information content (AvgIpc) is 3.17. The first-order valence-electron chi connectivity index (χ1n) is 6.70. The van der Waals surface area contributed by atoms with Crippen LogP contribution >= 0.6 is 0 Å². The normalized spacial score (nSPS) is 11.7. The van der Waals surface area contributed by atoms with Gasteiger partial charge in [-0.25, -0.2) is 17.8 Å². The first kappa shape index (κ1) is 14.6. The standard InChI is InChI=1S/C15H15N3O3S/c1-12-3-6-14(21-12)11-17-22(19,20)15-7-4-13(5-8-15)18-10-2-9-16-18/h2-10,17H,11H2,1H3. The van der Waals surface area contributed by atoms with Crippen molar-refractivity contribution in [3.05, 3.63) is 66.4 Å². The summed E-state index contributed by atoms with van der Waals surface area (Å²) in [5.41, 5.74) is 0.797. The summed E-state index contributed by atoms with van der Waals surface area (Å²) in [5.74, 6) is 1.33. The van der Waals surface area contributed by atoms with Gasteiger partial charge in [0.2, 0.25) is 10.0 Å². The lowest BCUT2D eigenvalue weighted by Crippen LogP contribution is -2.23. The summed E-state index contributed by atoms with van der Waals surface area (Å²) in [5, 5.41) is 4.10. The first-order chi connectivity index (χ1) is 10.5. The number of aryl methyl sites for hydroxylation is 1. The van der Waals surface area contributed by atoms with E-state index < -0.39 is 10.0 Å². The van der Waals surface area contributed by atoms with Crippen LogP contribution in [0.3, 0.4) is 0 Å². The van der Waals surface area contributed by atoms with Gasteiger partial charge in [0.15, 0.2) is 0 Å². The molecule has 0 aliphatic heterocycles. The second-order valence-corrected chi connectivity index (χ2v) is 6.55. The van der Waals surface area contributed by atoms with Crippen molar-refractivity contribution in [3.63, 3.8) is 0 Å². The van der Waals surface area contributed by atoms with Gasteiger partial charge < -0.3 is 4.42 Å². The Hall–Kier alpha value is -2.38. The minimum atomic E-state index is -3.57. The molecule has 0 fully saturated rings. The Labute approximate surface area is 128 Å². The van der Waals surface area contributed by atoms with Gasteiger partial charge in [-0.2, -0.15) is 5.10 Å². The molecule has 0 saturated carbocycles. The summed E-state index contributed by atoms with van der Waals surface area (Å²) in [6.45, 7) is 1.93. The molecule has 1 N–H and O–H groups in total. The summed E-state index contributed by atoms with van der Waals surface area (Å²) in [7, 11) is -3.57. The molecular weight excluding hydrogens is 302 g/mol. The van der Waals surface area contributed by atoms with Crippen LogP contribution < -0.4 is 4.72 Å². The van der Waals surface area contributed by atoms with Crippen molar-refractivity contribution >= 4 is 10.0 Å². The number of nitrogens with zero attached hydrogens (tertiary/aromatic N) is 2. The number of benzene rings is 1. The second-order valence-electron chi connectivity index (χ2n) is 4.78. The number of rotatable bonds is 5. The topological polar surface area (TPSA) is 77.1 Å². The van der Waals surface area contributed by atoms with E-state index in [0.717, 1.165) is 11.4 Å². The molecule has 3 aromatic rings. The van der Waals surface area contributed by atoms with Crippen LogP contribution in [-0.2, 0) is 16.6 Å². The van der Waals surface area contributed by atoms with E-state index in [2.05, 4.69) is 9.82 Å². The number of nitrogens with one attached hydrogen (secondary N) is 1. The zero-order valence-electron chi connectivity index (χ0n) is 11.9. The molecule has 0 amide bonds. The van der Waals surface area contributed by atoms with E-state index >= 15 is 0 Å². The SMILES string of the molecule is Cc1ccc(CNS(=O)(=O)c2ccc(-n3cccn3)cc2)o1. The Morgan fingerprint density at radius 1 is 1.18 bits per heavy atom. The van der Waals surface area contributed by atoms with Crippen molar-refractivity contribution in [2.45, 2.75) is 18.4 Å². The van der Waals surface area contributed by atoms with Crippen LogP contribution in [0.1, 0.15) is 11.5 Å². The van der Waals surface area contributed by atoms with Gasteiger partial charge in [0.1, 0.15) is 11.5 Å². The van der Waals surface area contributed by atoms with E-state index in [1.165, 1.54) is 0 Å². The van der Waals surface area contributed by atoms with Gasteiger partial charge in [-0.15, -0.1) is 0 Å². The van der Waals surface area contributed by atoms with E-state index in [-0.39, 0.29) is 11.4 Å². The lowest BCUT2D eigenvalue weighted by atomic mass is 10.3. The maximum Gasteiger partial charge on any atom is 0.240 e. The lowest BCUT2D eigenvalue weighted by Gasteiger charge is -2.07. The number of furan rings is 1. The Kier molecular flexibility index (Phi) is 3.82. The minimum Gasteiger partial charge on any atom is -0.465 e. The smallest absolute Gasteiger partial charge is 0.240 e. The lowest BCUT2D eigenvalue weighted by molar-refractivity contribution is 0.475. The highest BCUT2D eigenvalue weighted by atomic mass is 32.2. The Bertz CT molecular complexity index is 850. The number of hydrogen-bond acceptors (Lipinski definition) is 4. The third-order valence-electron chi connectivity index (χ3n) is 3.15. The first-order valence-corrected chi connectivity index (χ1v) is 8.18. The van der Waals surface area contributed by atoms with E-state index in [1.807, 2.05) is 6.92 Å². The van der Waals surface area contributed by atoms with Gasteiger partial charge in [0, 0.05) is 12.4 Å². The molecule has 0 aliphatic carbocycles. The zero-order chi connectivity index (χ0) is 15.6. The van der Waals surface area contributed by atoms with Crippen LogP contribution in [0.25, 0.3) is 5.69 Å². The van der Waals surface area contributed by atoms with Crippen LogP contribution in [0.4, 0.5) is 0 Å². The molecule has 0 bridgehead atoms. The van der Waals surface area contributed by atoms with Gasteiger partial charge in [-0.05, 0) is 49.4 Å². The molecule has 0 unspecified atom stereocenters. The summed E-state index contributed by atoms with van der Waals surface area (Å²) < 4.78 is 34.0. The quantitative estimate of drug-likeness (QED) is 0.783. The average molecular weight is 317 g/mol. The van der Waals surface area contributed by atoms with Gasteiger partial charge in [0.25, 0.3) is 0 Å². The Morgan fingerprint density at radius 2 is 1.95 bits per heavy atom. The predicted octanol–water partition coefficient (Wildman–Crippen LogP) is 2.25. The number of sulfonamides is 1. The molecular formula is C15H15N3O3S. The van der Waals surface area contributed by atoms with Crippen molar-refractivity contribution in [1.82, 2.24) is 14.5 Å². The van der Waals surface area contributed by atoms with Gasteiger partial charge >= 0.3 is 0 Å². The van der Waals surface area contributed by atoms with Crippen LogP contribution in [0.15, 0.2) is 64.2 Å². The monoisotopic (exact) mass is 317 g/mol. The van der Waals surface area contributed by atoms with Gasteiger partial charge in [-0.1, -0.05) is 0 Å². The van der Waals surface area contributed by atoms with Crippen molar-refractivity contribution < 1.29 is 12.8 Å². The van der Waals surface area contributed by atoms with Gasteiger partial charge in [0.05, 0.1) is 17.1 Å². The van der Waals surface area contributed by atoms with E-state index in [0.29, 0.717) is 5.76 Å². The van der Waals surface area contributed by atoms with Crippen LogP contribution in [0, 0.1) is 6.92 Å². The molecule has 3 rings (SSSR count). The highest BCUT2D eigenvalue weighted by Crippen LogP contribution is 2.14. The molecule has 2 heterocycles. The minimum absolute atomic E-state index is 0.122. The Morgan fingerprint density at radius 3 is 2.55 bits per heavy atom. The summed E-state index contributed by atoms with van der Waals surface area (Å²) in [6, 6.07) is 11.9. The van der Waals surface area contributed by atoms with Crippen molar-refractivity contribution in [1.29, 1.82) is 0 Å². The zero-order valence-corrected chi connectivity index (χ0v) is 12.7. The molecule has 0 spiro atoms. The molecule has 1 aromatic carbocycles. The molecule has 6 nitrogen and oxygen atoms in total. The number of hydrogen-bond donors (Lipinski definition) is 1. The molecule has 0 aliphatic rings. The third kappa shape index (κ3) is 3.10. The van der Waals surface area contributed by atoms with Gasteiger partial charge in [-0.3, -0.25) is 0 Å². The third-order valence-corrected chi connectivity index (χ3v) is 4.57.